The van der Waals surface area contributed by atoms with E-state index in [0.29, 0.717) is 25.9 Å². The van der Waals surface area contributed by atoms with E-state index in [2.05, 4.69) is 26.6 Å². The summed E-state index contributed by atoms with van der Waals surface area (Å²) in [7, 11) is 1.66. The van der Waals surface area contributed by atoms with E-state index in [1.807, 2.05) is 54.9 Å². The number of aliphatic hydroxyl groups excluding tert-OH is 2. The molecule has 3 aromatic rings. The second-order valence-corrected chi connectivity index (χ2v) is 8.11. The smallest absolute Gasteiger partial charge is 0.127 e. The lowest BCUT2D eigenvalue weighted by Crippen LogP contribution is -2.54. The molecule has 1 aliphatic heterocycles. The molecule has 1 saturated heterocycles. The quantitative estimate of drug-likeness (QED) is 0.630. The van der Waals surface area contributed by atoms with Crippen LogP contribution >= 0.6 is 0 Å². The van der Waals surface area contributed by atoms with Crippen molar-refractivity contribution < 1.29 is 14.9 Å². The van der Waals surface area contributed by atoms with Gasteiger partial charge in [-0.1, -0.05) is 30.3 Å². The van der Waals surface area contributed by atoms with Gasteiger partial charge in [0.05, 0.1) is 26.4 Å². The molecule has 2 N–H and O–H groups in total. The van der Waals surface area contributed by atoms with Crippen LogP contribution in [0.1, 0.15) is 17.8 Å². The molecule has 158 valence electrons. The van der Waals surface area contributed by atoms with Crippen LogP contribution in [-0.2, 0) is 13.0 Å². The zero-order valence-electron chi connectivity index (χ0n) is 17.3. The number of likely N-dealkylation sites (tertiary alicyclic amines) is 1. The summed E-state index contributed by atoms with van der Waals surface area (Å²) in [5.74, 6) is 1.75. The number of nitrogens with zero attached hydrogens (tertiary/aromatic N) is 3. The largest absolute Gasteiger partial charge is 0.497 e. The van der Waals surface area contributed by atoms with Gasteiger partial charge in [0.1, 0.15) is 11.6 Å². The molecule has 0 spiro atoms. The fourth-order valence-electron chi connectivity index (χ4n) is 4.39. The van der Waals surface area contributed by atoms with E-state index in [0.717, 1.165) is 29.4 Å². The number of imidazole rings is 1. The highest BCUT2D eigenvalue weighted by molar-refractivity contribution is 5.38. The Hall–Kier alpha value is -2.67. The lowest BCUT2D eigenvalue weighted by molar-refractivity contribution is -0.0773. The topological polar surface area (TPSA) is 70.8 Å². The summed E-state index contributed by atoms with van der Waals surface area (Å²) in [5, 5.41) is 21.1. The average Bonchev–Trinajstić information content (AvgIpc) is 3.25. The van der Waals surface area contributed by atoms with Gasteiger partial charge in [0.2, 0.25) is 0 Å². The zero-order chi connectivity index (χ0) is 21.0. The Morgan fingerprint density at radius 3 is 2.60 bits per heavy atom. The maximum absolute atomic E-state index is 10.8. The van der Waals surface area contributed by atoms with E-state index < -0.39 is 11.5 Å². The molecule has 30 heavy (non-hydrogen) atoms. The molecule has 0 radical (unpaired) electrons. The highest BCUT2D eigenvalue weighted by Gasteiger charge is 2.42. The molecule has 4 rings (SSSR count). The normalized spacial score (nSPS) is 22.2. The van der Waals surface area contributed by atoms with Gasteiger partial charge < -0.3 is 19.5 Å². The predicted octanol–water partition coefficient (Wildman–Crippen LogP) is 2.67. The summed E-state index contributed by atoms with van der Waals surface area (Å²) >= 11 is 0. The lowest BCUT2D eigenvalue weighted by Gasteiger charge is -2.45. The third-order valence-electron chi connectivity index (χ3n) is 6.11. The van der Waals surface area contributed by atoms with Gasteiger partial charge in [-0.05, 0) is 42.7 Å². The lowest BCUT2D eigenvalue weighted by atomic mass is 9.73. The van der Waals surface area contributed by atoms with E-state index in [9.17, 15) is 10.2 Å². The molecule has 1 aliphatic rings. The van der Waals surface area contributed by atoms with Crippen LogP contribution in [0, 0.1) is 5.41 Å². The molecule has 2 heterocycles. The first-order valence-electron chi connectivity index (χ1n) is 10.4. The Bertz CT molecular complexity index is 942. The van der Waals surface area contributed by atoms with Crippen molar-refractivity contribution in [3.05, 3.63) is 78.4 Å². The first kappa shape index (κ1) is 20.6. The van der Waals surface area contributed by atoms with Crippen molar-refractivity contribution in [2.75, 3.05) is 26.8 Å². The molecule has 2 atom stereocenters. The number of aliphatic hydroxyl groups is 2. The van der Waals surface area contributed by atoms with Crippen molar-refractivity contribution in [1.29, 1.82) is 0 Å². The summed E-state index contributed by atoms with van der Waals surface area (Å²) in [6, 6.07) is 18.0. The molecule has 2 aromatic carbocycles. The standard InChI is InChI=1S/C24H29N3O3/c1-30-21-9-7-20(8-10-21)27-14-12-25-23(27)16-26-13-11-22(29)24(17-26,18-28)15-19-5-3-2-4-6-19/h2-10,12,14,22,28-29H,11,13,15-18H2,1H3/t22-,24+/m1/s1. The second kappa shape index (κ2) is 9.00. The minimum atomic E-state index is -0.572. The third kappa shape index (κ3) is 4.26. The van der Waals surface area contributed by atoms with Crippen molar-refractivity contribution in [2.24, 2.45) is 5.41 Å². The first-order chi connectivity index (χ1) is 14.6. The molecule has 1 aromatic heterocycles. The number of hydrogen-bond acceptors (Lipinski definition) is 5. The maximum Gasteiger partial charge on any atom is 0.127 e. The number of benzene rings is 2. The monoisotopic (exact) mass is 407 g/mol. The molecular formula is C24H29N3O3. The molecule has 0 unspecified atom stereocenters. The van der Waals surface area contributed by atoms with Crippen molar-refractivity contribution in [3.8, 4) is 11.4 Å². The Morgan fingerprint density at radius 1 is 1.13 bits per heavy atom. The molecule has 1 fully saturated rings. The highest BCUT2D eigenvalue weighted by atomic mass is 16.5. The van der Waals surface area contributed by atoms with Gasteiger partial charge in [0.25, 0.3) is 0 Å². The summed E-state index contributed by atoms with van der Waals surface area (Å²) in [6.07, 6.45) is 4.52. The maximum atomic E-state index is 10.8. The fourth-order valence-corrected chi connectivity index (χ4v) is 4.39. The number of rotatable bonds is 7. The second-order valence-electron chi connectivity index (χ2n) is 8.11. The Morgan fingerprint density at radius 2 is 1.90 bits per heavy atom. The van der Waals surface area contributed by atoms with Crippen LogP contribution in [-0.4, -0.2) is 57.6 Å². The SMILES string of the molecule is COc1ccc(-n2ccnc2CN2CC[C@@H](O)[C@@](CO)(Cc3ccccc3)C2)cc1. The summed E-state index contributed by atoms with van der Waals surface area (Å²) in [6.45, 7) is 2.00. The molecule has 0 aliphatic carbocycles. The number of piperidine rings is 1. The molecule has 6 nitrogen and oxygen atoms in total. The Balaban J connectivity index is 1.52. The van der Waals surface area contributed by atoms with Crippen LogP contribution in [0.3, 0.4) is 0 Å². The van der Waals surface area contributed by atoms with Gasteiger partial charge in [0, 0.05) is 36.6 Å². The van der Waals surface area contributed by atoms with Crippen molar-refractivity contribution >= 4 is 0 Å². The average molecular weight is 408 g/mol. The van der Waals surface area contributed by atoms with Crippen LogP contribution in [0.25, 0.3) is 5.69 Å². The minimum absolute atomic E-state index is 0.0491. The van der Waals surface area contributed by atoms with Gasteiger partial charge >= 0.3 is 0 Å². The van der Waals surface area contributed by atoms with E-state index in [4.69, 9.17) is 4.74 Å². The van der Waals surface area contributed by atoms with Gasteiger partial charge in [-0.3, -0.25) is 4.90 Å². The van der Waals surface area contributed by atoms with E-state index >= 15 is 0 Å². The van der Waals surface area contributed by atoms with Crippen LogP contribution in [0.5, 0.6) is 5.75 Å². The van der Waals surface area contributed by atoms with E-state index in [-0.39, 0.29) is 6.61 Å². The molecule has 0 saturated carbocycles. The third-order valence-corrected chi connectivity index (χ3v) is 6.11. The molecular weight excluding hydrogens is 378 g/mol. The minimum Gasteiger partial charge on any atom is -0.497 e. The van der Waals surface area contributed by atoms with E-state index in [1.54, 1.807) is 7.11 Å². The van der Waals surface area contributed by atoms with Crippen LogP contribution in [0.2, 0.25) is 0 Å². The fraction of sp³-hybridized carbons (Fsp3) is 0.375. The Kier molecular flexibility index (Phi) is 6.18. The molecule has 6 heteroatoms. The molecule has 0 bridgehead atoms. The number of aromatic nitrogens is 2. The molecule has 0 amide bonds. The van der Waals surface area contributed by atoms with Crippen LogP contribution < -0.4 is 4.74 Å². The Labute approximate surface area is 177 Å². The van der Waals surface area contributed by atoms with E-state index in [1.165, 1.54) is 0 Å². The van der Waals surface area contributed by atoms with Crippen molar-refractivity contribution in [1.82, 2.24) is 14.5 Å². The number of hydrogen-bond donors (Lipinski definition) is 2. The summed E-state index contributed by atoms with van der Waals surface area (Å²) < 4.78 is 7.32. The van der Waals surface area contributed by atoms with Gasteiger partial charge in [-0.25, -0.2) is 4.98 Å². The first-order valence-corrected chi connectivity index (χ1v) is 10.4. The van der Waals surface area contributed by atoms with Crippen molar-refractivity contribution in [3.63, 3.8) is 0 Å². The van der Waals surface area contributed by atoms with Gasteiger partial charge in [-0.15, -0.1) is 0 Å². The summed E-state index contributed by atoms with van der Waals surface area (Å²) in [5.41, 5.74) is 1.59. The number of ether oxygens (including phenoxy) is 1. The summed E-state index contributed by atoms with van der Waals surface area (Å²) in [4.78, 5) is 6.86. The van der Waals surface area contributed by atoms with Crippen molar-refractivity contribution in [2.45, 2.75) is 25.5 Å². The van der Waals surface area contributed by atoms with Crippen LogP contribution in [0.4, 0.5) is 0 Å². The predicted molar refractivity (Wildman–Crippen MR) is 116 cm³/mol. The van der Waals surface area contributed by atoms with Gasteiger partial charge in [-0.2, -0.15) is 0 Å². The highest BCUT2D eigenvalue weighted by Crippen LogP contribution is 2.34. The van der Waals surface area contributed by atoms with Crippen LogP contribution in [0.15, 0.2) is 67.0 Å². The van der Waals surface area contributed by atoms with Gasteiger partial charge in [0.15, 0.2) is 0 Å². The number of methoxy groups -OCH3 is 1. The zero-order valence-corrected chi connectivity index (χ0v) is 17.3.